The van der Waals surface area contributed by atoms with Gasteiger partial charge in [0, 0.05) is 64.8 Å². The zero-order valence-corrected chi connectivity index (χ0v) is 19.2. The Balaban J connectivity index is 0.00000392. The maximum absolute atomic E-state index is 5.74. The number of hydrogen-bond acceptors (Lipinski definition) is 4. The summed E-state index contributed by atoms with van der Waals surface area (Å²) in [5.74, 6) is 1.56. The second kappa shape index (κ2) is 14.1. The number of halogens is 1. The average molecular weight is 498 g/mol. The van der Waals surface area contributed by atoms with Gasteiger partial charge in [-0.05, 0) is 24.3 Å². The molecule has 0 aliphatic rings. The fourth-order valence-electron chi connectivity index (χ4n) is 2.53. The van der Waals surface area contributed by atoms with E-state index in [1.54, 1.807) is 14.2 Å². The first-order valence-electron chi connectivity index (χ1n) is 9.18. The molecule has 0 amide bonds. The third-order valence-corrected chi connectivity index (χ3v) is 4.02. The van der Waals surface area contributed by atoms with E-state index in [0.29, 0.717) is 13.2 Å². The normalized spacial score (nSPS) is 10.8. The molecule has 0 spiro atoms. The number of para-hydroxylation sites is 1. The molecule has 0 heterocycles. The first-order chi connectivity index (χ1) is 13.2. The minimum absolute atomic E-state index is 0. The monoisotopic (exact) mass is 498 g/mol. The van der Waals surface area contributed by atoms with Gasteiger partial charge in [0.25, 0.3) is 0 Å². The molecular weight excluding hydrogens is 467 g/mol. The van der Waals surface area contributed by atoms with E-state index in [-0.39, 0.29) is 24.0 Å². The molecule has 2 rings (SSSR count). The summed E-state index contributed by atoms with van der Waals surface area (Å²) in [6.07, 6.45) is 0.867. The lowest BCUT2D eigenvalue weighted by molar-refractivity contribution is 0.172. The van der Waals surface area contributed by atoms with Crippen LogP contribution in [0.4, 0.5) is 11.4 Å². The number of ether oxygens (including phenoxy) is 2. The molecule has 0 bridgehead atoms. The maximum Gasteiger partial charge on any atom is 0.195 e. The van der Waals surface area contributed by atoms with Gasteiger partial charge >= 0.3 is 0 Å². The highest BCUT2D eigenvalue weighted by Crippen LogP contribution is 2.17. The van der Waals surface area contributed by atoms with Gasteiger partial charge in [-0.2, -0.15) is 0 Å². The van der Waals surface area contributed by atoms with Gasteiger partial charge in [-0.1, -0.05) is 24.3 Å². The lowest BCUT2D eigenvalue weighted by atomic mass is 10.3. The number of anilines is 2. The van der Waals surface area contributed by atoms with Crippen molar-refractivity contribution in [1.29, 1.82) is 0 Å². The Bertz CT molecular complexity index is 698. The Morgan fingerprint density at radius 2 is 1.86 bits per heavy atom. The molecule has 0 atom stereocenters. The summed E-state index contributed by atoms with van der Waals surface area (Å²) < 4.78 is 10.8. The Hall–Kier alpha value is -2.00. The van der Waals surface area contributed by atoms with Crippen LogP contribution in [0.3, 0.4) is 0 Å². The first-order valence-corrected chi connectivity index (χ1v) is 9.18. The molecule has 2 aromatic carbocycles. The van der Waals surface area contributed by atoms with Gasteiger partial charge in [-0.15, -0.1) is 24.0 Å². The molecule has 28 heavy (non-hydrogen) atoms. The SMILES string of the molecule is CN=C(NCCN(C)c1ccccc1)Nc1cccc(OCCCOC)c1.I. The molecule has 7 heteroatoms. The topological polar surface area (TPSA) is 58.1 Å². The molecule has 0 aromatic heterocycles. The molecule has 0 saturated carbocycles. The minimum Gasteiger partial charge on any atom is -0.493 e. The van der Waals surface area contributed by atoms with Crippen molar-refractivity contribution >= 4 is 41.3 Å². The fourth-order valence-corrected chi connectivity index (χ4v) is 2.53. The molecular formula is C21H31IN4O2. The molecule has 154 valence electrons. The van der Waals surface area contributed by atoms with Crippen LogP contribution in [0.15, 0.2) is 59.6 Å². The standard InChI is InChI=1S/C21H30N4O2.HI/c1-22-21(23-13-14-25(2)19-10-5-4-6-11-19)24-18-9-7-12-20(17-18)27-16-8-15-26-3;/h4-7,9-12,17H,8,13-16H2,1-3H3,(H2,22,23,24);1H. The molecule has 0 saturated heterocycles. The zero-order chi connectivity index (χ0) is 19.3. The number of nitrogens with one attached hydrogen (secondary N) is 2. The van der Waals surface area contributed by atoms with Crippen molar-refractivity contribution in [1.82, 2.24) is 5.32 Å². The van der Waals surface area contributed by atoms with E-state index < -0.39 is 0 Å². The number of nitrogens with zero attached hydrogens (tertiary/aromatic N) is 2. The summed E-state index contributed by atoms with van der Waals surface area (Å²) in [5, 5.41) is 6.64. The van der Waals surface area contributed by atoms with Crippen molar-refractivity contribution in [3.63, 3.8) is 0 Å². The number of likely N-dealkylation sites (N-methyl/N-ethyl adjacent to an activating group) is 1. The van der Waals surface area contributed by atoms with Crippen molar-refractivity contribution < 1.29 is 9.47 Å². The van der Waals surface area contributed by atoms with Crippen molar-refractivity contribution in [3.05, 3.63) is 54.6 Å². The molecule has 0 radical (unpaired) electrons. The quantitative estimate of drug-likeness (QED) is 0.226. The van der Waals surface area contributed by atoms with Gasteiger partial charge < -0.3 is 25.0 Å². The molecule has 0 unspecified atom stereocenters. The van der Waals surface area contributed by atoms with Crippen LogP contribution in [-0.2, 0) is 4.74 Å². The van der Waals surface area contributed by atoms with Crippen LogP contribution < -0.4 is 20.3 Å². The number of hydrogen-bond donors (Lipinski definition) is 2. The Morgan fingerprint density at radius 1 is 1.07 bits per heavy atom. The first kappa shape index (κ1) is 24.0. The second-order valence-electron chi connectivity index (χ2n) is 6.10. The number of methoxy groups -OCH3 is 1. The third-order valence-electron chi connectivity index (χ3n) is 4.02. The minimum atomic E-state index is 0. The molecule has 2 N–H and O–H groups in total. The predicted octanol–water partition coefficient (Wildman–Crippen LogP) is 3.84. The van der Waals surface area contributed by atoms with Crippen LogP contribution in [-0.4, -0.2) is 53.5 Å². The summed E-state index contributed by atoms with van der Waals surface area (Å²) in [4.78, 5) is 6.49. The summed E-state index contributed by atoms with van der Waals surface area (Å²) >= 11 is 0. The van der Waals surface area contributed by atoms with Gasteiger partial charge in [0.05, 0.1) is 6.61 Å². The highest BCUT2D eigenvalue weighted by atomic mass is 127. The highest BCUT2D eigenvalue weighted by molar-refractivity contribution is 14.0. The van der Waals surface area contributed by atoms with Gasteiger partial charge in [0.1, 0.15) is 5.75 Å². The van der Waals surface area contributed by atoms with E-state index in [9.17, 15) is 0 Å². The fraction of sp³-hybridized carbons (Fsp3) is 0.381. The third kappa shape index (κ3) is 8.79. The Kier molecular flexibility index (Phi) is 12.1. The zero-order valence-electron chi connectivity index (χ0n) is 16.9. The van der Waals surface area contributed by atoms with Gasteiger partial charge in [-0.25, -0.2) is 0 Å². The number of rotatable bonds is 10. The van der Waals surface area contributed by atoms with Gasteiger partial charge in [0.15, 0.2) is 5.96 Å². The molecule has 0 aliphatic heterocycles. The number of guanidine groups is 1. The van der Waals surface area contributed by atoms with Crippen LogP contribution in [0.5, 0.6) is 5.75 Å². The van der Waals surface area contributed by atoms with Crippen LogP contribution >= 0.6 is 24.0 Å². The highest BCUT2D eigenvalue weighted by Gasteiger charge is 2.03. The molecule has 2 aromatic rings. The molecule has 6 nitrogen and oxygen atoms in total. The van der Waals surface area contributed by atoms with Gasteiger partial charge in [-0.3, -0.25) is 4.99 Å². The lowest BCUT2D eigenvalue weighted by Crippen LogP contribution is -2.36. The van der Waals surface area contributed by atoms with E-state index in [2.05, 4.69) is 39.7 Å². The summed E-state index contributed by atoms with van der Waals surface area (Å²) in [5.41, 5.74) is 2.13. The van der Waals surface area contributed by atoms with Crippen LogP contribution in [0, 0.1) is 0 Å². The van der Waals surface area contributed by atoms with E-state index >= 15 is 0 Å². The van der Waals surface area contributed by atoms with E-state index in [4.69, 9.17) is 9.47 Å². The van der Waals surface area contributed by atoms with Crippen LogP contribution in [0.25, 0.3) is 0 Å². The molecule has 0 aliphatic carbocycles. The number of aliphatic imine (C=N–C) groups is 1. The maximum atomic E-state index is 5.74. The smallest absolute Gasteiger partial charge is 0.195 e. The summed E-state index contributed by atoms with van der Waals surface area (Å²) in [6.45, 7) is 2.98. The Labute approximate surface area is 185 Å². The van der Waals surface area contributed by atoms with Crippen molar-refractivity contribution in [2.75, 3.05) is 57.7 Å². The lowest BCUT2D eigenvalue weighted by Gasteiger charge is -2.20. The summed E-state index contributed by atoms with van der Waals surface area (Å²) in [6, 6.07) is 18.2. The molecule has 0 fully saturated rings. The number of benzene rings is 2. The van der Waals surface area contributed by atoms with Gasteiger partial charge in [0.2, 0.25) is 0 Å². The largest absolute Gasteiger partial charge is 0.493 e. The van der Waals surface area contributed by atoms with Crippen molar-refractivity contribution in [3.8, 4) is 5.75 Å². The van der Waals surface area contributed by atoms with E-state index in [1.165, 1.54) is 5.69 Å². The van der Waals surface area contributed by atoms with E-state index in [0.717, 1.165) is 36.9 Å². The second-order valence-corrected chi connectivity index (χ2v) is 6.10. The predicted molar refractivity (Wildman–Crippen MR) is 129 cm³/mol. The Morgan fingerprint density at radius 3 is 2.57 bits per heavy atom. The van der Waals surface area contributed by atoms with E-state index in [1.807, 2.05) is 42.5 Å². The van der Waals surface area contributed by atoms with Crippen LogP contribution in [0.2, 0.25) is 0 Å². The van der Waals surface area contributed by atoms with Crippen LogP contribution in [0.1, 0.15) is 6.42 Å². The summed E-state index contributed by atoms with van der Waals surface area (Å²) in [7, 11) is 5.54. The van der Waals surface area contributed by atoms with Crippen molar-refractivity contribution in [2.45, 2.75) is 6.42 Å². The van der Waals surface area contributed by atoms with Crippen molar-refractivity contribution in [2.24, 2.45) is 4.99 Å². The average Bonchev–Trinajstić information content (AvgIpc) is 2.71.